The molecule has 0 spiro atoms. The zero-order valence-corrected chi connectivity index (χ0v) is 16.3. The average molecular weight is 392 g/mol. The highest BCUT2D eigenvalue weighted by atomic mass is 16.6. The van der Waals surface area contributed by atoms with Gasteiger partial charge in [0.25, 0.3) is 0 Å². The summed E-state index contributed by atoms with van der Waals surface area (Å²) in [7, 11) is 1.49. The monoisotopic (exact) mass is 392 g/mol. The van der Waals surface area contributed by atoms with Crippen LogP contribution in [0.1, 0.15) is 20.8 Å². The van der Waals surface area contributed by atoms with E-state index in [4.69, 9.17) is 19.0 Å². The van der Waals surface area contributed by atoms with Crippen molar-refractivity contribution in [2.45, 2.75) is 32.5 Å². The predicted molar refractivity (Wildman–Crippen MR) is 101 cm³/mol. The van der Waals surface area contributed by atoms with Gasteiger partial charge in [-0.3, -0.25) is 15.2 Å². The number of carbonyl (C=O) groups excluding carboxylic acids is 2. The molecule has 2 heterocycles. The number of aliphatic imine (C=N–C) groups is 1. The van der Waals surface area contributed by atoms with E-state index < -0.39 is 23.9 Å². The van der Waals surface area contributed by atoms with E-state index >= 15 is 0 Å². The Morgan fingerprint density at radius 1 is 1.39 bits per heavy atom. The highest BCUT2D eigenvalue weighted by Gasteiger charge is 2.33. The molecule has 28 heavy (non-hydrogen) atoms. The Bertz CT molecular complexity index is 789. The van der Waals surface area contributed by atoms with Crippen molar-refractivity contribution in [3.05, 3.63) is 18.2 Å². The molecule has 0 bridgehead atoms. The van der Waals surface area contributed by atoms with E-state index in [1.165, 1.54) is 12.0 Å². The van der Waals surface area contributed by atoms with Crippen LogP contribution in [0.3, 0.4) is 0 Å². The van der Waals surface area contributed by atoms with Crippen molar-refractivity contribution in [2.24, 2.45) is 4.99 Å². The molecule has 1 fully saturated rings. The van der Waals surface area contributed by atoms with Crippen LogP contribution in [0.4, 0.5) is 21.0 Å². The van der Waals surface area contributed by atoms with E-state index in [1.54, 1.807) is 39.0 Å². The number of carbonyl (C=O) groups is 2. The molecule has 10 heteroatoms. The third-order valence-electron chi connectivity index (χ3n) is 3.84. The van der Waals surface area contributed by atoms with Gasteiger partial charge in [0, 0.05) is 6.07 Å². The van der Waals surface area contributed by atoms with Gasteiger partial charge < -0.3 is 19.5 Å². The van der Waals surface area contributed by atoms with Crippen LogP contribution in [0.5, 0.6) is 5.75 Å². The summed E-state index contributed by atoms with van der Waals surface area (Å²) < 4.78 is 16.2. The zero-order valence-electron chi connectivity index (χ0n) is 16.3. The summed E-state index contributed by atoms with van der Waals surface area (Å²) in [4.78, 5) is 34.7. The van der Waals surface area contributed by atoms with Crippen LogP contribution in [0.25, 0.3) is 0 Å². The smallest absolute Gasteiger partial charge is 0.414 e. The van der Waals surface area contributed by atoms with Gasteiger partial charge in [0.15, 0.2) is 5.84 Å². The molecule has 2 aliphatic rings. The molecule has 1 atom stereocenters. The van der Waals surface area contributed by atoms with E-state index in [9.17, 15) is 9.59 Å². The number of rotatable bonds is 4. The lowest BCUT2D eigenvalue weighted by atomic mass is 10.2. The summed E-state index contributed by atoms with van der Waals surface area (Å²) in [5.74, 6) is 1.11. The van der Waals surface area contributed by atoms with E-state index in [0.717, 1.165) is 0 Å². The first-order valence-corrected chi connectivity index (χ1v) is 8.83. The maximum Gasteiger partial charge on any atom is 0.414 e. The molecule has 152 valence electrons. The second-order valence-electron chi connectivity index (χ2n) is 7.30. The van der Waals surface area contributed by atoms with Crippen molar-refractivity contribution in [3.63, 3.8) is 0 Å². The fraction of sp³-hybridized carbons (Fsp3) is 0.500. The first kappa shape index (κ1) is 19.7. The molecule has 0 saturated carbocycles. The van der Waals surface area contributed by atoms with Crippen molar-refractivity contribution in [3.8, 4) is 5.75 Å². The fourth-order valence-electron chi connectivity index (χ4n) is 2.72. The van der Waals surface area contributed by atoms with Crippen molar-refractivity contribution in [1.82, 2.24) is 10.8 Å². The second kappa shape index (κ2) is 7.93. The van der Waals surface area contributed by atoms with Crippen LogP contribution < -0.4 is 20.4 Å². The van der Waals surface area contributed by atoms with Gasteiger partial charge in [0.05, 0.1) is 25.9 Å². The number of nitrogens with one attached hydrogen (secondary N) is 2. The Morgan fingerprint density at radius 2 is 2.18 bits per heavy atom. The number of benzene rings is 1. The number of hydroxylamine groups is 1. The van der Waals surface area contributed by atoms with Crippen LogP contribution in [0, 0.1) is 0 Å². The third kappa shape index (κ3) is 4.83. The van der Waals surface area contributed by atoms with Crippen LogP contribution in [0.2, 0.25) is 0 Å². The van der Waals surface area contributed by atoms with Crippen molar-refractivity contribution in [2.75, 3.05) is 31.7 Å². The maximum absolute atomic E-state index is 12.2. The number of anilines is 1. The molecule has 1 saturated heterocycles. The molecular weight excluding hydrogens is 368 g/mol. The number of nitrogens with zero attached hydrogens (tertiary/aromatic N) is 2. The van der Waals surface area contributed by atoms with Gasteiger partial charge in [-0.15, -0.1) is 0 Å². The lowest BCUT2D eigenvalue weighted by Gasteiger charge is -2.20. The Hall–Kier alpha value is -3.01. The minimum Gasteiger partial charge on any atom is -0.483 e. The highest BCUT2D eigenvalue weighted by Crippen LogP contribution is 2.35. The number of hydrogen-bond donors (Lipinski definition) is 2. The summed E-state index contributed by atoms with van der Waals surface area (Å²) >= 11 is 0. The van der Waals surface area contributed by atoms with Crippen LogP contribution in [-0.4, -0.2) is 56.5 Å². The van der Waals surface area contributed by atoms with E-state index in [2.05, 4.69) is 15.8 Å². The van der Waals surface area contributed by atoms with Gasteiger partial charge >= 0.3 is 12.2 Å². The molecule has 0 radical (unpaired) electrons. The van der Waals surface area contributed by atoms with Crippen molar-refractivity contribution in [1.29, 1.82) is 0 Å². The number of fused-ring (bicyclic) bond motifs is 1. The topological polar surface area (TPSA) is 111 Å². The Kier molecular flexibility index (Phi) is 5.59. The normalized spacial score (nSPS) is 18.6. The molecule has 2 aliphatic heterocycles. The van der Waals surface area contributed by atoms with E-state index in [1.807, 2.05) is 0 Å². The highest BCUT2D eigenvalue weighted by molar-refractivity contribution is 5.92. The van der Waals surface area contributed by atoms with E-state index in [-0.39, 0.29) is 13.2 Å². The lowest BCUT2D eigenvalue weighted by molar-refractivity contribution is 0.0496. The lowest BCUT2D eigenvalue weighted by Crippen LogP contribution is -2.38. The number of alkyl carbamates (subject to hydrolysis) is 1. The molecule has 0 aliphatic carbocycles. The van der Waals surface area contributed by atoms with Gasteiger partial charge in [-0.25, -0.2) is 14.6 Å². The van der Waals surface area contributed by atoms with Crippen molar-refractivity contribution >= 4 is 29.4 Å². The summed E-state index contributed by atoms with van der Waals surface area (Å²) in [5, 5.41) is 2.61. The zero-order chi connectivity index (χ0) is 20.3. The maximum atomic E-state index is 12.2. The summed E-state index contributed by atoms with van der Waals surface area (Å²) in [6, 6.07) is 5.24. The Labute approximate surface area is 162 Å². The van der Waals surface area contributed by atoms with Crippen LogP contribution in [-0.2, 0) is 14.3 Å². The number of hydrogen-bond acceptors (Lipinski definition) is 8. The molecule has 10 nitrogen and oxygen atoms in total. The third-order valence-corrected chi connectivity index (χ3v) is 3.84. The molecule has 2 amide bonds. The number of amides is 2. The second-order valence-corrected chi connectivity index (χ2v) is 7.30. The van der Waals surface area contributed by atoms with Crippen LogP contribution >= 0.6 is 0 Å². The quantitative estimate of drug-likeness (QED) is 0.755. The minimum absolute atomic E-state index is 0.162. The van der Waals surface area contributed by atoms with Gasteiger partial charge in [-0.05, 0) is 32.9 Å². The SMILES string of the molecule is CONC1=Nc2ccc(N3C[C@H](CNC(=O)OC(C)(C)C)OC3=O)cc2OC1. The van der Waals surface area contributed by atoms with Crippen molar-refractivity contribution < 1.29 is 28.6 Å². The summed E-state index contributed by atoms with van der Waals surface area (Å²) in [5.41, 5.74) is 3.31. The molecule has 0 aromatic heterocycles. The first-order valence-electron chi connectivity index (χ1n) is 8.83. The van der Waals surface area contributed by atoms with Gasteiger partial charge in [0.2, 0.25) is 0 Å². The van der Waals surface area contributed by atoms with E-state index in [0.29, 0.717) is 29.5 Å². The molecule has 3 rings (SSSR count). The predicted octanol–water partition coefficient (Wildman–Crippen LogP) is 2.11. The van der Waals surface area contributed by atoms with Crippen LogP contribution in [0.15, 0.2) is 23.2 Å². The average Bonchev–Trinajstić information content (AvgIpc) is 2.99. The largest absolute Gasteiger partial charge is 0.483 e. The standard InChI is InChI=1S/C18H24N4O6/c1-18(2,3)28-16(23)19-8-12-9-22(17(24)27-12)11-5-6-13-14(7-11)26-10-15(20-13)21-25-4/h5-7,12H,8-10H2,1-4H3,(H,19,23)(H,20,21)/t12-/m0/s1. The minimum atomic E-state index is -0.591. The molecule has 0 unspecified atom stereocenters. The fourth-order valence-corrected chi connectivity index (χ4v) is 2.72. The number of cyclic esters (lactones) is 1. The number of amidine groups is 1. The summed E-state index contributed by atoms with van der Waals surface area (Å²) in [6.45, 7) is 6.03. The molecule has 1 aromatic rings. The molecule has 2 N–H and O–H groups in total. The first-order chi connectivity index (χ1) is 13.2. The van der Waals surface area contributed by atoms with Gasteiger partial charge in [-0.1, -0.05) is 0 Å². The Morgan fingerprint density at radius 3 is 2.89 bits per heavy atom. The number of ether oxygens (including phenoxy) is 3. The molecule has 1 aromatic carbocycles. The summed E-state index contributed by atoms with van der Waals surface area (Å²) in [6.07, 6.45) is -1.52. The Balaban J connectivity index is 1.61. The van der Waals surface area contributed by atoms with Gasteiger partial charge in [-0.2, -0.15) is 0 Å². The van der Waals surface area contributed by atoms with Gasteiger partial charge in [0.1, 0.15) is 29.7 Å². The molecular formula is C18H24N4O6.